The molecule has 7 heteroatoms. The third kappa shape index (κ3) is 3.26. The molecule has 140 valence electrons. The van der Waals surface area contributed by atoms with Gasteiger partial charge in [0.25, 0.3) is 0 Å². The highest BCUT2D eigenvalue weighted by Crippen LogP contribution is 2.50. The number of nitrogens with one attached hydrogen (secondary N) is 1. The number of benzene rings is 1. The molecule has 1 heterocycles. The van der Waals surface area contributed by atoms with Gasteiger partial charge >= 0.3 is 0 Å². The molecule has 2 unspecified atom stereocenters. The molecule has 1 aliphatic rings. The number of amides is 1. The normalized spacial score (nSPS) is 24.1. The first-order valence-corrected chi connectivity index (χ1v) is 9.57. The quantitative estimate of drug-likeness (QED) is 0.812. The van der Waals surface area contributed by atoms with Gasteiger partial charge in [-0.2, -0.15) is 0 Å². The Labute approximate surface area is 158 Å². The lowest BCUT2D eigenvalue weighted by Crippen LogP contribution is -2.74. The molecule has 1 saturated carbocycles. The predicted molar refractivity (Wildman–Crippen MR) is 103 cm³/mol. The predicted octanol–water partition coefficient (Wildman–Crippen LogP) is 3.04. The van der Waals surface area contributed by atoms with Crippen molar-refractivity contribution in [2.24, 2.45) is 18.2 Å². The molecule has 2 atom stereocenters. The second-order valence-corrected chi connectivity index (χ2v) is 8.28. The van der Waals surface area contributed by atoms with Gasteiger partial charge in [-0.25, -0.2) is 4.98 Å². The topological polar surface area (TPSA) is 82.2 Å². The van der Waals surface area contributed by atoms with E-state index in [2.05, 4.69) is 10.3 Å². The van der Waals surface area contributed by atoms with Gasteiger partial charge in [0.05, 0.1) is 6.10 Å². The van der Waals surface area contributed by atoms with E-state index in [4.69, 9.17) is 10.5 Å². The summed E-state index contributed by atoms with van der Waals surface area (Å²) in [5.41, 5.74) is 5.83. The van der Waals surface area contributed by atoms with E-state index >= 15 is 0 Å². The number of hydrogen-bond donors (Lipinski definition) is 2. The summed E-state index contributed by atoms with van der Waals surface area (Å²) < 4.78 is 7.66. The number of aryl methyl sites for hydroxylation is 1. The molecule has 0 bridgehead atoms. The lowest BCUT2D eigenvalue weighted by Gasteiger charge is -2.57. The van der Waals surface area contributed by atoms with E-state index in [9.17, 15) is 4.79 Å². The molecule has 1 aromatic carbocycles. The zero-order valence-electron chi connectivity index (χ0n) is 15.7. The average molecular weight is 375 g/mol. The summed E-state index contributed by atoms with van der Waals surface area (Å²) in [4.78, 5) is 18.1. The number of carbonyl (C=O) groups excluding carboxylic acids is 1. The Bertz CT molecular complexity index is 787. The van der Waals surface area contributed by atoms with Crippen molar-refractivity contribution in [2.45, 2.75) is 48.9 Å². The molecule has 0 saturated heterocycles. The summed E-state index contributed by atoms with van der Waals surface area (Å²) in [5, 5.41) is 3.87. The molecule has 26 heavy (non-hydrogen) atoms. The van der Waals surface area contributed by atoms with Gasteiger partial charge in [-0.05, 0) is 31.2 Å². The summed E-state index contributed by atoms with van der Waals surface area (Å²) in [6, 6.07) is 7.70. The monoisotopic (exact) mass is 374 g/mol. The molecule has 0 aliphatic heterocycles. The third-order valence-electron chi connectivity index (χ3n) is 5.33. The summed E-state index contributed by atoms with van der Waals surface area (Å²) in [5.74, 6) is -0.164. The molecule has 1 aromatic heterocycles. The van der Waals surface area contributed by atoms with Crippen LogP contribution in [0.15, 0.2) is 46.7 Å². The molecule has 6 nitrogen and oxygen atoms in total. The van der Waals surface area contributed by atoms with E-state index in [1.165, 1.54) is 0 Å². The summed E-state index contributed by atoms with van der Waals surface area (Å²) >= 11 is 1.57. The highest BCUT2D eigenvalue weighted by Gasteiger charge is 2.62. The molecule has 0 radical (unpaired) electrons. The number of imidazole rings is 1. The van der Waals surface area contributed by atoms with Crippen LogP contribution in [0.5, 0.6) is 0 Å². The second-order valence-electron chi connectivity index (χ2n) is 7.24. The third-order valence-corrected chi connectivity index (χ3v) is 6.42. The Hall–Kier alpha value is -1.83. The average Bonchev–Trinajstić information content (AvgIpc) is 3.01. The van der Waals surface area contributed by atoms with Gasteiger partial charge in [0, 0.05) is 48.5 Å². The Balaban J connectivity index is 1.64. The van der Waals surface area contributed by atoms with Crippen LogP contribution in [0, 0.1) is 5.41 Å². The summed E-state index contributed by atoms with van der Waals surface area (Å²) in [7, 11) is 1.96. The number of anilines is 1. The molecule has 2 aromatic rings. The minimum absolute atomic E-state index is 0.0137. The van der Waals surface area contributed by atoms with Gasteiger partial charge in [0.15, 0.2) is 5.16 Å². The Morgan fingerprint density at radius 1 is 1.42 bits per heavy atom. The van der Waals surface area contributed by atoms with E-state index in [0.29, 0.717) is 13.0 Å². The Morgan fingerprint density at radius 3 is 2.65 bits per heavy atom. The number of rotatable bonds is 6. The van der Waals surface area contributed by atoms with Crippen LogP contribution in [0.25, 0.3) is 0 Å². The fourth-order valence-electron chi connectivity index (χ4n) is 3.23. The molecule has 1 fully saturated rings. The fraction of sp³-hybridized carbons (Fsp3) is 0.474. The maximum absolute atomic E-state index is 12.8. The molecule has 1 amide bonds. The van der Waals surface area contributed by atoms with Crippen LogP contribution in [0.1, 0.15) is 27.2 Å². The minimum Gasteiger partial charge on any atom is -0.378 e. The lowest BCUT2D eigenvalue weighted by molar-refractivity contribution is -0.166. The largest absolute Gasteiger partial charge is 0.378 e. The van der Waals surface area contributed by atoms with Gasteiger partial charge in [-0.1, -0.05) is 25.6 Å². The highest BCUT2D eigenvalue weighted by molar-refractivity contribution is 7.99. The smallest absolute Gasteiger partial charge is 0.245 e. The van der Waals surface area contributed by atoms with Gasteiger partial charge in [-0.3, -0.25) is 4.79 Å². The number of nitrogens with two attached hydrogens (primary N) is 1. The van der Waals surface area contributed by atoms with Crippen LogP contribution >= 0.6 is 11.8 Å². The molecule has 3 N–H and O–H groups in total. The van der Waals surface area contributed by atoms with Gasteiger partial charge in [0.1, 0.15) is 5.54 Å². The van der Waals surface area contributed by atoms with E-state index in [1.54, 1.807) is 18.0 Å². The minimum atomic E-state index is -0.923. The van der Waals surface area contributed by atoms with E-state index in [-0.39, 0.29) is 12.0 Å². The maximum atomic E-state index is 12.8. The van der Waals surface area contributed by atoms with Crippen molar-refractivity contribution in [3.8, 4) is 0 Å². The number of nitrogens with zero attached hydrogens (tertiary/aromatic N) is 2. The molecule has 3 rings (SSSR count). The van der Waals surface area contributed by atoms with Gasteiger partial charge < -0.3 is 20.4 Å². The molecule has 1 aliphatic carbocycles. The van der Waals surface area contributed by atoms with Crippen LogP contribution < -0.4 is 11.1 Å². The van der Waals surface area contributed by atoms with Crippen molar-refractivity contribution < 1.29 is 9.53 Å². The zero-order valence-corrected chi connectivity index (χ0v) is 16.5. The van der Waals surface area contributed by atoms with Crippen molar-refractivity contribution in [3.63, 3.8) is 0 Å². The van der Waals surface area contributed by atoms with Crippen molar-refractivity contribution in [2.75, 3.05) is 11.9 Å². The molecular formula is C19H26N4O2S. The SMILES string of the molecule is CCOC1CC(N)(C(=O)Nc2ccc(Sc3nccn3C)cc2)C1(C)C. The molecule has 0 spiro atoms. The van der Waals surface area contributed by atoms with Crippen LogP contribution in [-0.2, 0) is 16.6 Å². The first-order valence-electron chi connectivity index (χ1n) is 8.75. The van der Waals surface area contributed by atoms with E-state index in [1.807, 2.05) is 62.8 Å². The number of ether oxygens (including phenoxy) is 1. The van der Waals surface area contributed by atoms with Crippen molar-refractivity contribution in [1.29, 1.82) is 0 Å². The fourth-order valence-corrected chi connectivity index (χ4v) is 4.03. The van der Waals surface area contributed by atoms with Crippen LogP contribution in [-0.4, -0.2) is 33.7 Å². The summed E-state index contributed by atoms with van der Waals surface area (Å²) in [6.45, 7) is 6.56. The van der Waals surface area contributed by atoms with E-state index < -0.39 is 11.0 Å². The van der Waals surface area contributed by atoms with Crippen LogP contribution in [0.2, 0.25) is 0 Å². The van der Waals surface area contributed by atoms with E-state index in [0.717, 1.165) is 15.7 Å². The lowest BCUT2D eigenvalue weighted by atomic mass is 9.54. The highest BCUT2D eigenvalue weighted by atomic mass is 32.2. The number of hydrogen-bond acceptors (Lipinski definition) is 5. The summed E-state index contributed by atoms with van der Waals surface area (Å²) in [6.07, 6.45) is 4.23. The first kappa shape index (κ1) is 18.9. The Morgan fingerprint density at radius 2 is 2.12 bits per heavy atom. The second kappa shape index (κ2) is 7.06. The first-order chi connectivity index (χ1) is 12.3. The Kier molecular flexibility index (Phi) is 5.14. The maximum Gasteiger partial charge on any atom is 0.245 e. The zero-order chi connectivity index (χ0) is 18.9. The van der Waals surface area contributed by atoms with Crippen molar-refractivity contribution in [1.82, 2.24) is 9.55 Å². The van der Waals surface area contributed by atoms with Gasteiger partial charge in [0.2, 0.25) is 5.91 Å². The van der Waals surface area contributed by atoms with Crippen LogP contribution in [0.4, 0.5) is 5.69 Å². The molecular weight excluding hydrogens is 348 g/mol. The number of aromatic nitrogens is 2. The van der Waals surface area contributed by atoms with Crippen molar-refractivity contribution >= 4 is 23.4 Å². The number of carbonyl (C=O) groups is 1. The van der Waals surface area contributed by atoms with Gasteiger partial charge in [-0.15, -0.1) is 0 Å². The van der Waals surface area contributed by atoms with Crippen molar-refractivity contribution in [3.05, 3.63) is 36.7 Å². The van der Waals surface area contributed by atoms with Crippen LogP contribution in [0.3, 0.4) is 0 Å². The standard InChI is InChI=1S/C19H26N4O2S/c1-5-25-15-12-19(20,18(15,2)3)16(24)22-13-6-8-14(9-7-13)26-17-21-10-11-23(17)4/h6-11,15H,5,12,20H2,1-4H3,(H,22,24).